The van der Waals surface area contributed by atoms with Crippen LogP contribution < -0.4 is 10.6 Å². The van der Waals surface area contributed by atoms with Gasteiger partial charge in [0.25, 0.3) is 5.91 Å². The van der Waals surface area contributed by atoms with Crippen LogP contribution in [0.4, 0.5) is 5.13 Å². The molecule has 2 N–H and O–H groups in total. The summed E-state index contributed by atoms with van der Waals surface area (Å²) in [4.78, 5) is 29.8. The van der Waals surface area contributed by atoms with Crippen LogP contribution in [0.25, 0.3) is 15.9 Å². The smallest absolute Gasteiger partial charge is 0.251 e. The zero-order valence-electron chi connectivity index (χ0n) is 19.6. The molecule has 0 unspecified atom stereocenters. The van der Waals surface area contributed by atoms with Crippen molar-refractivity contribution in [3.63, 3.8) is 0 Å². The largest absolute Gasteiger partial charge is 0.345 e. The first-order valence-electron chi connectivity index (χ1n) is 11.3. The Bertz CT molecular complexity index is 1550. The van der Waals surface area contributed by atoms with Gasteiger partial charge in [-0.05, 0) is 55.5 Å². The SMILES string of the molecule is Cc1cccc(C(=O)NCc2nnc(SCC(=O)Nc3nc4ccccc4s3)n2-c2ccc(Br)cc2)c1. The molecular weight excluding hydrogens is 572 g/mol. The van der Waals surface area contributed by atoms with Crippen LogP contribution in [0.15, 0.2) is 82.4 Å². The van der Waals surface area contributed by atoms with E-state index >= 15 is 0 Å². The van der Waals surface area contributed by atoms with Crippen molar-refractivity contribution in [2.75, 3.05) is 11.1 Å². The van der Waals surface area contributed by atoms with E-state index in [1.54, 1.807) is 6.07 Å². The van der Waals surface area contributed by atoms with Crippen molar-refractivity contribution in [1.82, 2.24) is 25.1 Å². The number of amides is 2. The van der Waals surface area contributed by atoms with Gasteiger partial charge in [-0.15, -0.1) is 10.2 Å². The highest BCUT2D eigenvalue weighted by molar-refractivity contribution is 9.10. The van der Waals surface area contributed by atoms with Crippen molar-refractivity contribution in [3.8, 4) is 5.69 Å². The molecule has 0 saturated carbocycles. The Hall–Kier alpha value is -3.54. The quantitative estimate of drug-likeness (QED) is 0.227. The molecule has 37 heavy (non-hydrogen) atoms. The number of anilines is 1. The standard InChI is InChI=1S/C26H21BrN6O2S2/c1-16-5-4-6-17(13-16)24(35)28-14-22-31-32-26(33(22)19-11-9-18(27)10-12-19)36-15-23(34)30-25-29-20-7-2-3-8-21(20)37-25/h2-13H,14-15H2,1H3,(H,28,35)(H,29,30,34). The number of fused-ring (bicyclic) bond motifs is 1. The van der Waals surface area contributed by atoms with Gasteiger partial charge in [0.05, 0.1) is 22.5 Å². The normalized spacial score (nSPS) is 11.0. The summed E-state index contributed by atoms with van der Waals surface area (Å²) in [5.41, 5.74) is 3.26. The monoisotopic (exact) mass is 592 g/mol. The number of rotatable bonds is 8. The Morgan fingerprint density at radius 2 is 1.84 bits per heavy atom. The zero-order chi connectivity index (χ0) is 25.8. The van der Waals surface area contributed by atoms with Crippen molar-refractivity contribution < 1.29 is 9.59 Å². The minimum atomic E-state index is -0.196. The first kappa shape index (κ1) is 25.1. The summed E-state index contributed by atoms with van der Waals surface area (Å²) in [5.74, 6) is 0.292. The van der Waals surface area contributed by atoms with Crippen LogP contribution in [-0.2, 0) is 11.3 Å². The van der Waals surface area contributed by atoms with Crippen molar-refractivity contribution in [1.29, 1.82) is 0 Å². The maximum absolute atomic E-state index is 12.7. The molecule has 0 aliphatic rings. The van der Waals surface area contributed by atoms with E-state index in [1.807, 2.05) is 78.2 Å². The van der Waals surface area contributed by atoms with Crippen molar-refractivity contribution in [3.05, 3.63) is 94.2 Å². The van der Waals surface area contributed by atoms with E-state index in [1.165, 1.54) is 23.1 Å². The van der Waals surface area contributed by atoms with Crippen molar-refractivity contribution >= 4 is 66.2 Å². The first-order valence-corrected chi connectivity index (χ1v) is 13.9. The Morgan fingerprint density at radius 1 is 1.03 bits per heavy atom. The lowest BCUT2D eigenvalue weighted by atomic mass is 10.1. The molecule has 2 amide bonds. The van der Waals surface area contributed by atoms with E-state index in [0.29, 0.717) is 21.7 Å². The number of aryl methyl sites for hydroxylation is 1. The van der Waals surface area contributed by atoms with Crippen molar-refractivity contribution in [2.45, 2.75) is 18.6 Å². The zero-order valence-corrected chi connectivity index (χ0v) is 22.9. The van der Waals surface area contributed by atoms with E-state index in [4.69, 9.17) is 0 Å². The number of para-hydroxylation sites is 1. The third-order valence-electron chi connectivity index (χ3n) is 5.35. The summed E-state index contributed by atoms with van der Waals surface area (Å²) in [7, 11) is 0. The summed E-state index contributed by atoms with van der Waals surface area (Å²) in [6.07, 6.45) is 0. The molecule has 0 fully saturated rings. The Balaban J connectivity index is 1.31. The summed E-state index contributed by atoms with van der Waals surface area (Å²) < 4.78 is 3.79. The number of hydrogen-bond acceptors (Lipinski definition) is 7. The van der Waals surface area contributed by atoms with Gasteiger partial charge in [-0.25, -0.2) is 4.98 Å². The van der Waals surface area contributed by atoms with Gasteiger partial charge in [0.15, 0.2) is 16.1 Å². The number of hydrogen-bond donors (Lipinski definition) is 2. The summed E-state index contributed by atoms with van der Waals surface area (Å²) in [6, 6.07) is 22.8. The van der Waals surface area contributed by atoms with Crippen LogP contribution in [0.5, 0.6) is 0 Å². The van der Waals surface area contributed by atoms with Crippen LogP contribution in [0.1, 0.15) is 21.7 Å². The number of benzene rings is 3. The van der Waals surface area contributed by atoms with E-state index < -0.39 is 0 Å². The molecule has 0 radical (unpaired) electrons. The molecule has 0 aliphatic carbocycles. The van der Waals surface area contributed by atoms with E-state index in [2.05, 4.69) is 41.7 Å². The van der Waals surface area contributed by atoms with Crippen LogP contribution >= 0.6 is 39.0 Å². The Labute approximate surface area is 229 Å². The van der Waals surface area contributed by atoms with Gasteiger partial charge in [0.2, 0.25) is 5.91 Å². The molecule has 5 rings (SSSR count). The summed E-state index contributed by atoms with van der Waals surface area (Å²) >= 11 is 6.15. The van der Waals surface area contributed by atoms with Crippen LogP contribution in [-0.4, -0.2) is 37.3 Å². The molecule has 0 saturated heterocycles. The highest BCUT2D eigenvalue weighted by Gasteiger charge is 2.18. The number of carbonyl (C=O) groups excluding carboxylic acids is 2. The average molecular weight is 594 g/mol. The van der Waals surface area contributed by atoms with Crippen molar-refractivity contribution in [2.24, 2.45) is 0 Å². The maximum atomic E-state index is 12.7. The van der Waals surface area contributed by atoms with Crippen LogP contribution in [0.2, 0.25) is 0 Å². The molecule has 2 aromatic heterocycles. The molecule has 8 nitrogen and oxygen atoms in total. The number of thiazole rings is 1. The molecule has 11 heteroatoms. The topological polar surface area (TPSA) is 102 Å². The fraction of sp³-hybridized carbons (Fsp3) is 0.115. The highest BCUT2D eigenvalue weighted by Crippen LogP contribution is 2.27. The fourth-order valence-corrected chi connectivity index (χ4v) is 5.53. The lowest BCUT2D eigenvalue weighted by Crippen LogP contribution is -2.24. The van der Waals surface area contributed by atoms with Crippen LogP contribution in [0.3, 0.4) is 0 Å². The molecule has 0 bridgehead atoms. The van der Waals surface area contributed by atoms with E-state index in [9.17, 15) is 9.59 Å². The number of halogens is 1. The number of aromatic nitrogens is 4. The minimum Gasteiger partial charge on any atom is -0.345 e. The van der Waals surface area contributed by atoms with E-state index in [-0.39, 0.29) is 24.1 Å². The number of thioether (sulfide) groups is 1. The third kappa shape index (κ3) is 6.07. The molecule has 0 spiro atoms. The molecular formula is C26H21BrN6O2S2. The lowest BCUT2D eigenvalue weighted by Gasteiger charge is -2.11. The summed E-state index contributed by atoms with van der Waals surface area (Å²) in [6.45, 7) is 2.12. The van der Waals surface area contributed by atoms with Gasteiger partial charge < -0.3 is 10.6 Å². The molecule has 0 aliphatic heterocycles. The second-order valence-electron chi connectivity index (χ2n) is 8.09. The van der Waals surface area contributed by atoms with Gasteiger partial charge in [-0.1, -0.05) is 68.9 Å². The number of carbonyl (C=O) groups is 2. The minimum absolute atomic E-state index is 0.125. The second-order valence-corrected chi connectivity index (χ2v) is 11.0. The van der Waals surface area contributed by atoms with Gasteiger partial charge in [0.1, 0.15) is 0 Å². The number of nitrogens with zero attached hydrogens (tertiary/aromatic N) is 4. The second kappa shape index (κ2) is 11.2. The molecule has 3 aromatic carbocycles. The maximum Gasteiger partial charge on any atom is 0.251 e. The van der Waals surface area contributed by atoms with Gasteiger partial charge in [0, 0.05) is 15.7 Å². The first-order chi connectivity index (χ1) is 18.0. The van der Waals surface area contributed by atoms with Gasteiger partial charge >= 0.3 is 0 Å². The molecule has 186 valence electrons. The van der Waals surface area contributed by atoms with Gasteiger partial charge in [-0.3, -0.25) is 14.2 Å². The van der Waals surface area contributed by atoms with Gasteiger partial charge in [-0.2, -0.15) is 0 Å². The predicted octanol–water partition coefficient (Wildman–Crippen LogP) is 5.61. The van der Waals surface area contributed by atoms with E-state index in [0.717, 1.165) is 25.9 Å². The predicted molar refractivity (Wildman–Crippen MR) is 150 cm³/mol. The number of nitrogens with one attached hydrogen (secondary N) is 2. The molecule has 0 atom stereocenters. The summed E-state index contributed by atoms with van der Waals surface area (Å²) in [5, 5.41) is 15.5. The Kier molecular flexibility index (Phi) is 7.63. The Morgan fingerprint density at radius 3 is 2.62 bits per heavy atom. The molecule has 5 aromatic rings. The average Bonchev–Trinajstić information content (AvgIpc) is 3.49. The third-order valence-corrected chi connectivity index (χ3v) is 7.75. The molecule has 2 heterocycles. The highest BCUT2D eigenvalue weighted by atomic mass is 79.9. The lowest BCUT2D eigenvalue weighted by molar-refractivity contribution is -0.113. The fourth-order valence-electron chi connectivity index (χ4n) is 3.62. The van der Waals surface area contributed by atoms with Crippen LogP contribution in [0, 0.1) is 6.92 Å².